The summed E-state index contributed by atoms with van der Waals surface area (Å²) < 4.78 is 16.1. The molecule has 164 valence electrons. The summed E-state index contributed by atoms with van der Waals surface area (Å²) in [7, 11) is 3.06. The third kappa shape index (κ3) is 4.51. The van der Waals surface area contributed by atoms with Crippen LogP contribution < -0.4 is 24.4 Å². The lowest BCUT2D eigenvalue weighted by Gasteiger charge is -2.30. The lowest BCUT2D eigenvalue weighted by molar-refractivity contribution is -0.121. The van der Waals surface area contributed by atoms with Gasteiger partial charge in [0.1, 0.15) is 5.75 Å². The maximum absolute atomic E-state index is 12.8. The van der Waals surface area contributed by atoms with Crippen molar-refractivity contribution >= 4 is 23.2 Å². The lowest BCUT2D eigenvalue weighted by atomic mass is 10.1. The Balaban J connectivity index is 1.53. The van der Waals surface area contributed by atoms with E-state index in [1.807, 2.05) is 30.3 Å². The fourth-order valence-electron chi connectivity index (χ4n) is 3.59. The number of fused-ring (bicyclic) bond motifs is 1. The maximum Gasteiger partial charge on any atom is 0.265 e. The van der Waals surface area contributed by atoms with E-state index in [1.165, 1.54) is 14.2 Å². The Morgan fingerprint density at radius 1 is 1.00 bits per heavy atom. The van der Waals surface area contributed by atoms with Gasteiger partial charge in [0.05, 0.1) is 19.9 Å². The first-order chi connectivity index (χ1) is 15.6. The maximum atomic E-state index is 12.8. The number of benzene rings is 3. The van der Waals surface area contributed by atoms with Gasteiger partial charge >= 0.3 is 0 Å². The zero-order chi connectivity index (χ0) is 22.5. The number of ether oxygens (including phenoxy) is 3. The second kappa shape index (κ2) is 9.43. The zero-order valence-corrected chi connectivity index (χ0v) is 18.0. The number of rotatable bonds is 7. The molecule has 1 aliphatic rings. The summed E-state index contributed by atoms with van der Waals surface area (Å²) in [5, 5.41) is 2.88. The van der Waals surface area contributed by atoms with Crippen molar-refractivity contribution in [2.24, 2.45) is 0 Å². The highest BCUT2D eigenvalue weighted by molar-refractivity contribution is 6.05. The summed E-state index contributed by atoms with van der Waals surface area (Å²) in [5.41, 5.74) is 2.77. The standard InChI is InChI=1S/C25H24N2O5/c1-30-22-10-8-18(14-23(22)31-2)25(29)26-19-9-11-21-20(15-19)27(24(28)16-32-21)13-12-17-6-4-3-5-7-17/h3-11,14-15H,12-13,16H2,1-2H3,(H,26,29). The Labute approximate surface area is 186 Å². The van der Waals surface area contributed by atoms with Gasteiger partial charge < -0.3 is 24.4 Å². The number of carbonyl (C=O) groups excluding carboxylic acids is 2. The molecule has 0 bridgehead atoms. The summed E-state index contributed by atoms with van der Waals surface area (Å²) in [4.78, 5) is 27.0. The fourth-order valence-corrected chi connectivity index (χ4v) is 3.59. The average molecular weight is 432 g/mol. The molecule has 1 N–H and O–H groups in total. The number of nitrogens with one attached hydrogen (secondary N) is 1. The molecule has 7 heteroatoms. The lowest BCUT2D eigenvalue weighted by Crippen LogP contribution is -2.40. The van der Waals surface area contributed by atoms with Crippen LogP contribution in [0.3, 0.4) is 0 Å². The van der Waals surface area contributed by atoms with Gasteiger partial charge in [-0.25, -0.2) is 0 Å². The molecule has 0 aliphatic carbocycles. The quantitative estimate of drug-likeness (QED) is 0.612. The summed E-state index contributed by atoms with van der Waals surface area (Å²) >= 11 is 0. The molecule has 0 atom stereocenters. The van der Waals surface area contributed by atoms with E-state index in [4.69, 9.17) is 14.2 Å². The highest BCUT2D eigenvalue weighted by atomic mass is 16.5. The third-order valence-electron chi connectivity index (χ3n) is 5.27. The highest BCUT2D eigenvalue weighted by Crippen LogP contribution is 2.35. The normalized spacial score (nSPS) is 12.6. The Morgan fingerprint density at radius 3 is 2.53 bits per heavy atom. The van der Waals surface area contributed by atoms with Gasteiger partial charge in [-0.15, -0.1) is 0 Å². The molecule has 3 aromatic rings. The van der Waals surface area contributed by atoms with Crippen LogP contribution in [-0.4, -0.2) is 39.2 Å². The molecule has 7 nitrogen and oxygen atoms in total. The Morgan fingerprint density at radius 2 is 1.78 bits per heavy atom. The second-order valence-electron chi connectivity index (χ2n) is 7.28. The summed E-state index contributed by atoms with van der Waals surface area (Å²) in [6.45, 7) is 0.519. The van der Waals surface area contributed by atoms with Crippen LogP contribution in [-0.2, 0) is 11.2 Å². The van der Waals surface area contributed by atoms with E-state index in [0.717, 1.165) is 5.56 Å². The van der Waals surface area contributed by atoms with Gasteiger partial charge in [0, 0.05) is 17.8 Å². The molecular weight excluding hydrogens is 408 g/mol. The first kappa shape index (κ1) is 21.2. The van der Waals surface area contributed by atoms with Crippen LogP contribution >= 0.6 is 0 Å². The number of anilines is 2. The smallest absolute Gasteiger partial charge is 0.265 e. The van der Waals surface area contributed by atoms with Crippen LogP contribution in [0.2, 0.25) is 0 Å². The van der Waals surface area contributed by atoms with Crippen molar-refractivity contribution < 1.29 is 23.8 Å². The highest BCUT2D eigenvalue weighted by Gasteiger charge is 2.26. The van der Waals surface area contributed by atoms with Crippen LogP contribution in [0.15, 0.2) is 66.7 Å². The largest absolute Gasteiger partial charge is 0.493 e. The third-order valence-corrected chi connectivity index (χ3v) is 5.27. The van der Waals surface area contributed by atoms with E-state index in [2.05, 4.69) is 5.32 Å². The number of methoxy groups -OCH3 is 2. The van der Waals surface area contributed by atoms with Crippen LogP contribution in [0.1, 0.15) is 15.9 Å². The molecule has 0 spiro atoms. The molecule has 32 heavy (non-hydrogen) atoms. The molecule has 0 saturated heterocycles. The van der Waals surface area contributed by atoms with E-state index in [0.29, 0.717) is 47.2 Å². The molecule has 4 rings (SSSR count). The van der Waals surface area contributed by atoms with Gasteiger partial charge in [0.15, 0.2) is 18.1 Å². The van der Waals surface area contributed by atoms with Gasteiger partial charge in [0.25, 0.3) is 11.8 Å². The zero-order valence-electron chi connectivity index (χ0n) is 18.0. The van der Waals surface area contributed by atoms with Gasteiger partial charge in [0.2, 0.25) is 0 Å². The molecule has 1 heterocycles. The Kier molecular flexibility index (Phi) is 6.26. The van der Waals surface area contributed by atoms with Gasteiger partial charge in [-0.3, -0.25) is 9.59 Å². The predicted molar refractivity (Wildman–Crippen MR) is 122 cm³/mol. The Hall–Kier alpha value is -4.00. The summed E-state index contributed by atoms with van der Waals surface area (Å²) in [6.07, 6.45) is 0.717. The van der Waals surface area contributed by atoms with Crippen molar-refractivity contribution in [2.75, 3.05) is 37.6 Å². The van der Waals surface area contributed by atoms with Gasteiger partial charge in [-0.05, 0) is 48.4 Å². The minimum absolute atomic E-state index is 0.000855. The number of nitrogens with zero attached hydrogens (tertiary/aromatic N) is 1. The SMILES string of the molecule is COc1ccc(C(=O)Nc2ccc3c(c2)N(CCc2ccccc2)C(=O)CO3)cc1OC. The Bertz CT molecular complexity index is 1130. The first-order valence-corrected chi connectivity index (χ1v) is 10.2. The second-order valence-corrected chi connectivity index (χ2v) is 7.28. The molecule has 0 radical (unpaired) electrons. The average Bonchev–Trinajstić information content (AvgIpc) is 2.83. The molecule has 1 aliphatic heterocycles. The molecule has 0 unspecified atom stereocenters. The van der Waals surface area contributed by atoms with Crippen molar-refractivity contribution in [2.45, 2.75) is 6.42 Å². The number of carbonyl (C=O) groups is 2. The van der Waals surface area contributed by atoms with Crippen molar-refractivity contribution in [1.82, 2.24) is 0 Å². The summed E-state index contributed by atoms with van der Waals surface area (Å²) in [6, 6.07) is 20.2. The van der Waals surface area contributed by atoms with Gasteiger partial charge in [-0.1, -0.05) is 30.3 Å². The molecule has 0 saturated carbocycles. The van der Waals surface area contributed by atoms with Crippen molar-refractivity contribution in [1.29, 1.82) is 0 Å². The van der Waals surface area contributed by atoms with Crippen LogP contribution in [0.5, 0.6) is 17.2 Å². The summed E-state index contributed by atoms with van der Waals surface area (Å²) in [5.74, 6) is 1.21. The topological polar surface area (TPSA) is 77.1 Å². The predicted octanol–water partition coefficient (Wildman–Crippen LogP) is 3.92. The monoisotopic (exact) mass is 432 g/mol. The van der Waals surface area contributed by atoms with Crippen molar-refractivity contribution in [3.05, 3.63) is 77.9 Å². The van der Waals surface area contributed by atoms with E-state index in [9.17, 15) is 9.59 Å². The van der Waals surface area contributed by atoms with Crippen LogP contribution in [0.25, 0.3) is 0 Å². The van der Waals surface area contributed by atoms with Crippen molar-refractivity contribution in [3.8, 4) is 17.2 Å². The molecule has 0 aromatic heterocycles. The number of hydrogen-bond acceptors (Lipinski definition) is 5. The van der Waals surface area contributed by atoms with E-state index in [1.54, 1.807) is 41.3 Å². The van der Waals surface area contributed by atoms with Crippen molar-refractivity contribution in [3.63, 3.8) is 0 Å². The molecule has 0 fully saturated rings. The molecule has 2 amide bonds. The number of hydrogen-bond donors (Lipinski definition) is 1. The molecular formula is C25H24N2O5. The van der Waals surface area contributed by atoms with E-state index in [-0.39, 0.29) is 18.4 Å². The minimum atomic E-state index is -0.301. The molecule has 3 aromatic carbocycles. The van der Waals surface area contributed by atoms with Crippen LogP contribution in [0.4, 0.5) is 11.4 Å². The number of amides is 2. The van der Waals surface area contributed by atoms with E-state index >= 15 is 0 Å². The minimum Gasteiger partial charge on any atom is -0.493 e. The first-order valence-electron chi connectivity index (χ1n) is 10.2. The van der Waals surface area contributed by atoms with Gasteiger partial charge in [-0.2, -0.15) is 0 Å². The fraction of sp³-hybridized carbons (Fsp3) is 0.200. The van der Waals surface area contributed by atoms with Crippen LogP contribution in [0, 0.1) is 0 Å². The van der Waals surface area contributed by atoms with E-state index < -0.39 is 0 Å².